The average Bonchev–Trinajstić information content (AvgIpc) is 2.32. The molecule has 0 aromatic carbocycles. The summed E-state index contributed by atoms with van der Waals surface area (Å²) in [5.74, 6) is 0. The first-order valence-electron chi connectivity index (χ1n) is 8.75. The van der Waals surface area contributed by atoms with Gasteiger partial charge >= 0.3 is 8.56 Å². The third kappa shape index (κ3) is 11.1. The lowest BCUT2D eigenvalue weighted by atomic mass is 11.9. The van der Waals surface area contributed by atoms with E-state index in [0.29, 0.717) is 0 Å². The summed E-state index contributed by atoms with van der Waals surface area (Å²) in [6, 6.07) is 0. The van der Waals surface area contributed by atoms with Gasteiger partial charge in [-0.25, -0.2) is 0 Å². The summed E-state index contributed by atoms with van der Waals surface area (Å²) >= 11 is 0. The van der Waals surface area contributed by atoms with Gasteiger partial charge in [0.15, 0.2) is 0 Å². The Labute approximate surface area is 165 Å². The highest BCUT2D eigenvalue weighted by atomic mass is 28.5. The Morgan fingerprint density at radius 1 is 0.400 bits per heavy atom. The predicted octanol–water partition coefficient (Wildman–Crippen LogP) is -0.213. The number of hydrogen-bond acceptors (Lipinski definition) is 8. The summed E-state index contributed by atoms with van der Waals surface area (Å²) in [7, 11) is -12.0. The molecule has 0 radical (unpaired) electrons. The first-order valence-corrected chi connectivity index (χ1v) is 26.2. The van der Waals surface area contributed by atoms with Crippen molar-refractivity contribution in [1.82, 2.24) is 0 Å². The molecule has 0 amide bonds. The smallest absolute Gasteiger partial charge is 0.313 e. The van der Waals surface area contributed by atoms with Crippen LogP contribution in [0.1, 0.15) is 0 Å². The minimum absolute atomic E-state index is 1.42. The Morgan fingerprint density at radius 2 is 0.600 bits per heavy atom. The Kier molecular flexibility index (Phi) is 11.2. The van der Waals surface area contributed by atoms with E-state index in [1.165, 1.54) is 0 Å². The molecule has 2 aliphatic rings. The van der Waals surface area contributed by atoms with E-state index >= 15 is 0 Å². The third-order valence-electron chi connectivity index (χ3n) is 3.20. The van der Waals surface area contributed by atoms with Gasteiger partial charge in [-0.15, -0.1) is 0 Å². The summed E-state index contributed by atoms with van der Waals surface area (Å²) in [6.07, 6.45) is 0. The SMILES string of the molecule is C[SiH]1O[SiH](C)O[SiH](C)O[SiH](C)O1.C[SiH]1O[SiH](C)O[Si](C)(C)O[SiH](C)O1. The maximum atomic E-state index is 5.84. The Morgan fingerprint density at radius 3 is 0.840 bits per heavy atom. The summed E-state index contributed by atoms with van der Waals surface area (Å²) < 4.78 is 45.7. The fraction of sp³-hybridized carbons (Fsp3) is 1.00. The molecule has 0 saturated carbocycles. The third-order valence-corrected chi connectivity index (χ3v) is 28.8. The molecule has 0 bridgehead atoms. The van der Waals surface area contributed by atoms with Gasteiger partial charge < -0.3 is 32.9 Å². The maximum absolute atomic E-state index is 5.84. The molecule has 0 N–H and O–H groups in total. The Balaban J connectivity index is 0.000000251. The first-order chi connectivity index (χ1) is 11.5. The van der Waals surface area contributed by atoms with E-state index in [4.69, 9.17) is 32.9 Å². The van der Waals surface area contributed by atoms with E-state index < -0.39 is 73.5 Å². The van der Waals surface area contributed by atoms with Crippen LogP contribution in [0.5, 0.6) is 0 Å². The van der Waals surface area contributed by atoms with Gasteiger partial charge in [0.25, 0.3) is 65.0 Å². The lowest BCUT2D eigenvalue weighted by Gasteiger charge is -2.34. The van der Waals surface area contributed by atoms with Crippen LogP contribution in [-0.4, -0.2) is 73.5 Å². The van der Waals surface area contributed by atoms with Crippen molar-refractivity contribution in [3.63, 3.8) is 0 Å². The van der Waals surface area contributed by atoms with Gasteiger partial charge in [-0.05, 0) is 58.9 Å². The van der Waals surface area contributed by atoms with Crippen molar-refractivity contribution in [2.45, 2.75) is 58.9 Å². The molecule has 2 atom stereocenters. The highest BCUT2D eigenvalue weighted by Gasteiger charge is 2.34. The van der Waals surface area contributed by atoms with E-state index in [9.17, 15) is 0 Å². The Bertz CT molecular complexity index is 339. The highest BCUT2D eigenvalue weighted by Crippen LogP contribution is 2.15. The van der Waals surface area contributed by atoms with Crippen molar-refractivity contribution in [2.24, 2.45) is 0 Å². The molecule has 0 aromatic rings. The van der Waals surface area contributed by atoms with Gasteiger partial charge in [0.2, 0.25) is 0 Å². The molecule has 0 aromatic heterocycles. The predicted molar refractivity (Wildman–Crippen MR) is 117 cm³/mol. The second kappa shape index (κ2) is 11.4. The van der Waals surface area contributed by atoms with Crippen molar-refractivity contribution in [2.75, 3.05) is 0 Å². The monoisotopic (exact) mass is 494 g/mol. The molecule has 8 nitrogen and oxygen atoms in total. The van der Waals surface area contributed by atoms with Crippen molar-refractivity contribution >= 4 is 73.5 Å². The zero-order valence-corrected chi connectivity index (χ0v) is 25.9. The number of rotatable bonds is 0. The fourth-order valence-corrected chi connectivity index (χ4v) is 28.3. The van der Waals surface area contributed by atoms with Crippen molar-refractivity contribution in [3.05, 3.63) is 0 Å². The molecule has 2 rings (SSSR count). The van der Waals surface area contributed by atoms with E-state index in [0.717, 1.165) is 0 Å². The van der Waals surface area contributed by atoms with Crippen LogP contribution < -0.4 is 0 Å². The molecule has 2 unspecified atom stereocenters. The van der Waals surface area contributed by atoms with Crippen molar-refractivity contribution in [1.29, 1.82) is 0 Å². The lowest BCUT2D eigenvalue weighted by molar-refractivity contribution is 0.279. The topological polar surface area (TPSA) is 73.8 Å². The summed E-state index contributed by atoms with van der Waals surface area (Å²) in [5.41, 5.74) is 0. The molecule has 150 valence electrons. The highest BCUT2D eigenvalue weighted by molar-refractivity contribution is 6.80. The fourth-order valence-electron chi connectivity index (χ4n) is 2.66. The zero-order valence-electron chi connectivity index (χ0n) is 16.8. The Hall–Kier alpha value is 1.42. The molecular weight excluding hydrogens is 461 g/mol. The van der Waals surface area contributed by atoms with Crippen LogP contribution >= 0.6 is 0 Å². The summed E-state index contributed by atoms with van der Waals surface area (Å²) in [6.45, 7) is 18.4. The molecule has 0 aliphatic carbocycles. The summed E-state index contributed by atoms with van der Waals surface area (Å²) in [5, 5.41) is 0. The van der Waals surface area contributed by atoms with Gasteiger partial charge in [0.1, 0.15) is 0 Å². The maximum Gasteiger partial charge on any atom is 0.313 e. The molecule has 2 aliphatic heterocycles. The second-order valence-electron chi connectivity index (χ2n) is 6.43. The van der Waals surface area contributed by atoms with Gasteiger partial charge in [-0.3, -0.25) is 0 Å². The van der Waals surface area contributed by atoms with Crippen molar-refractivity contribution in [3.8, 4) is 0 Å². The van der Waals surface area contributed by atoms with Crippen LogP contribution in [-0.2, 0) is 32.9 Å². The normalized spacial score (nSPS) is 42.8. The van der Waals surface area contributed by atoms with Gasteiger partial charge in [-0.2, -0.15) is 0 Å². The van der Waals surface area contributed by atoms with Gasteiger partial charge in [-0.1, -0.05) is 0 Å². The van der Waals surface area contributed by atoms with Crippen LogP contribution in [0.15, 0.2) is 0 Å². The van der Waals surface area contributed by atoms with Crippen molar-refractivity contribution < 1.29 is 32.9 Å². The van der Waals surface area contributed by atoms with Crippen LogP contribution in [0.25, 0.3) is 0 Å². The molecule has 2 heterocycles. The molecular formula is C9H34O8Si8. The van der Waals surface area contributed by atoms with Crippen LogP contribution in [0, 0.1) is 0 Å². The quantitative estimate of drug-likeness (QED) is 0.428. The van der Waals surface area contributed by atoms with Crippen LogP contribution in [0.2, 0.25) is 58.9 Å². The van der Waals surface area contributed by atoms with Crippen LogP contribution in [0.4, 0.5) is 0 Å². The van der Waals surface area contributed by atoms with E-state index in [-0.39, 0.29) is 0 Å². The molecule has 25 heavy (non-hydrogen) atoms. The lowest BCUT2D eigenvalue weighted by Crippen LogP contribution is -2.51. The largest absolute Gasteiger partial charge is 0.420 e. The van der Waals surface area contributed by atoms with E-state index in [1.807, 2.05) is 45.8 Å². The molecule has 0 spiro atoms. The van der Waals surface area contributed by atoms with Gasteiger partial charge in [0, 0.05) is 0 Å². The molecule has 2 saturated heterocycles. The van der Waals surface area contributed by atoms with Gasteiger partial charge in [0.05, 0.1) is 0 Å². The van der Waals surface area contributed by atoms with Crippen LogP contribution in [0.3, 0.4) is 0 Å². The summed E-state index contributed by atoms with van der Waals surface area (Å²) in [4.78, 5) is 0. The zero-order chi connectivity index (χ0) is 19.2. The standard InChI is InChI=1S/C5H18O4Si4.C4H16O4Si4/c1-10-6-11(2)8-13(4,5)9-12(3)7-10;1-9-5-10(2)7-12(4)8-11(3)6-9/h10-12H,1-5H3;9-12H,1-4H3. The minimum Gasteiger partial charge on any atom is -0.420 e. The molecule has 2 fully saturated rings. The first kappa shape index (κ1) is 24.5. The molecule has 16 heteroatoms. The second-order valence-corrected chi connectivity index (χ2v) is 25.6. The minimum atomic E-state index is -1.93. The average molecular weight is 495 g/mol. The number of hydrogen-bond donors (Lipinski definition) is 0. The van der Waals surface area contributed by atoms with E-state index in [2.05, 4.69) is 13.1 Å². The van der Waals surface area contributed by atoms with E-state index in [1.54, 1.807) is 0 Å².